The first-order valence-corrected chi connectivity index (χ1v) is 13.6. The van der Waals surface area contributed by atoms with Crippen molar-refractivity contribution >= 4 is 33.8 Å². The van der Waals surface area contributed by atoms with Crippen molar-refractivity contribution in [2.75, 3.05) is 13.2 Å². The third-order valence-corrected chi connectivity index (χ3v) is 8.86. The van der Waals surface area contributed by atoms with E-state index < -0.39 is 0 Å². The SMILES string of the molecule is C/C(=C\c1cc(Br)ccc1O)CC[C@H]1OC[C@H]2C1=C(CO)C[C@H]1C(=O)N(C3CCCCC3)C(=O)[C@H]12. The molecule has 2 saturated heterocycles. The zero-order valence-electron chi connectivity index (χ0n) is 20.2. The molecule has 0 spiro atoms. The Kier molecular flexibility index (Phi) is 7.20. The van der Waals surface area contributed by atoms with Crippen LogP contribution in [0.15, 0.2) is 39.4 Å². The number of aliphatic hydroxyl groups is 1. The van der Waals surface area contributed by atoms with E-state index in [0.29, 0.717) is 13.0 Å². The van der Waals surface area contributed by atoms with Crippen LogP contribution in [0.3, 0.4) is 0 Å². The molecule has 7 heteroatoms. The summed E-state index contributed by atoms with van der Waals surface area (Å²) in [6, 6.07) is 5.39. The van der Waals surface area contributed by atoms with Crippen LogP contribution >= 0.6 is 15.9 Å². The Hall–Kier alpha value is -1.96. The molecule has 6 nitrogen and oxygen atoms in total. The molecule has 2 aliphatic carbocycles. The Labute approximate surface area is 215 Å². The molecule has 188 valence electrons. The molecule has 0 radical (unpaired) electrons. The summed E-state index contributed by atoms with van der Waals surface area (Å²) in [6.07, 6.45) is 8.91. The summed E-state index contributed by atoms with van der Waals surface area (Å²) in [5.41, 5.74) is 3.81. The summed E-state index contributed by atoms with van der Waals surface area (Å²) in [6.45, 7) is 2.37. The van der Waals surface area contributed by atoms with Gasteiger partial charge < -0.3 is 14.9 Å². The van der Waals surface area contributed by atoms with Crippen LogP contribution in [-0.2, 0) is 14.3 Å². The molecular weight excluding hydrogens is 510 g/mol. The van der Waals surface area contributed by atoms with E-state index in [4.69, 9.17) is 4.74 Å². The van der Waals surface area contributed by atoms with Gasteiger partial charge >= 0.3 is 0 Å². The van der Waals surface area contributed by atoms with Gasteiger partial charge in [-0.05, 0) is 68.4 Å². The summed E-state index contributed by atoms with van der Waals surface area (Å²) < 4.78 is 7.12. The van der Waals surface area contributed by atoms with Gasteiger partial charge in [0, 0.05) is 22.0 Å². The monoisotopic (exact) mass is 543 g/mol. The number of benzene rings is 1. The first-order chi connectivity index (χ1) is 16.9. The van der Waals surface area contributed by atoms with E-state index in [0.717, 1.165) is 65.3 Å². The molecule has 2 N–H and O–H groups in total. The average Bonchev–Trinajstić information content (AvgIpc) is 3.38. The van der Waals surface area contributed by atoms with Crippen LogP contribution in [0, 0.1) is 17.8 Å². The van der Waals surface area contributed by atoms with Crippen molar-refractivity contribution in [2.45, 2.75) is 70.4 Å². The number of nitrogens with zero attached hydrogens (tertiary/aromatic N) is 1. The molecule has 1 aromatic rings. The van der Waals surface area contributed by atoms with E-state index in [1.54, 1.807) is 17.0 Å². The minimum atomic E-state index is -0.358. The number of hydrogen-bond acceptors (Lipinski definition) is 5. The topological polar surface area (TPSA) is 87.1 Å². The average molecular weight is 544 g/mol. The van der Waals surface area contributed by atoms with Crippen molar-refractivity contribution in [3.8, 4) is 5.75 Å². The van der Waals surface area contributed by atoms with E-state index in [9.17, 15) is 19.8 Å². The molecule has 1 saturated carbocycles. The first-order valence-electron chi connectivity index (χ1n) is 12.9. The predicted molar refractivity (Wildman–Crippen MR) is 136 cm³/mol. The molecule has 0 aromatic heterocycles. The van der Waals surface area contributed by atoms with Gasteiger partial charge in [-0.15, -0.1) is 0 Å². The molecular formula is C28H34BrNO5. The number of imide groups is 1. The number of phenols is 1. The smallest absolute Gasteiger partial charge is 0.234 e. The maximum atomic E-state index is 13.6. The number of amides is 2. The Morgan fingerprint density at radius 2 is 1.94 bits per heavy atom. The van der Waals surface area contributed by atoms with Crippen LogP contribution in [0.25, 0.3) is 6.08 Å². The summed E-state index contributed by atoms with van der Waals surface area (Å²) in [7, 11) is 0. The number of allylic oxidation sites excluding steroid dienone is 1. The lowest BCUT2D eigenvalue weighted by atomic mass is 9.69. The lowest BCUT2D eigenvalue weighted by molar-refractivity contribution is -0.143. The minimum Gasteiger partial charge on any atom is -0.507 e. The second-order valence-electron chi connectivity index (χ2n) is 10.6. The summed E-state index contributed by atoms with van der Waals surface area (Å²) in [4.78, 5) is 28.5. The van der Waals surface area contributed by atoms with Crippen LogP contribution in [0.5, 0.6) is 5.75 Å². The molecule has 2 aliphatic heterocycles. The van der Waals surface area contributed by atoms with Crippen molar-refractivity contribution in [3.05, 3.63) is 45.0 Å². The van der Waals surface area contributed by atoms with Crippen molar-refractivity contribution < 1.29 is 24.5 Å². The lowest BCUT2D eigenvalue weighted by Crippen LogP contribution is -2.42. The second kappa shape index (κ2) is 10.2. The molecule has 2 amide bonds. The fraction of sp³-hybridized carbons (Fsp3) is 0.571. The highest BCUT2D eigenvalue weighted by Gasteiger charge is 2.58. The number of ether oxygens (including phenoxy) is 1. The van der Waals surface area contributed by atoms with E-state index in [-0.39, 0.29) is 54.1 Å². The number of phenolic OH excluding ortho intramolecular Hbond substituents is 1. The van der Waals surface area contributed by atoms with E-state index in [2.05, 4.69) is 15.9 Å². The highest BCUT2D eigenvalue weighted by atomic mass is 79.9. The molecule has 4 aliphatic rings. The van der Waals surface area contributed by atoms with Crippen molar-refractivity contribution in [3.63, 3.8) is 0 Å². The fourth-order valence-corrected chi connectivity index (χ4v) is 7.06. The Bertz CT molecular complexity index is 1070. The van der Waals surface area contributed by atoms with Crippen LogP contribution in [0.4, 0.5) is 0 Å². The Balaban J connectivity index is 1.33. The van der Waals surface area contributed by atoms with E-state index in [1.165, 1.54) is 6.42 Å². The lowest BCUT2D eigenvalue weighted by Gasteiger charge is -2.31. The molecule has 35 heavy (non-hydrogen) atoms. The standard InChI is InChI=1S/C28H34BrNO5/c1-16(11-17-12-19(29)8-9-23(17)32)7-10-24-25-18(14-31)13-21-26(22(25)15-35-24)28(34)30(27(21)33)20-5-3-2-4-6-20/h8-9,11-12,20-22,24,26,31-32H,2-7,10,13-15H2,1H3/b16-11+/t21-,22+,24-,26-/m1/s1. The minimum absolute atomic E-state index is 0.0168. The van der Waals surface area contributed by atoms with Gasteiger partial charge in [0.1, 0.15) is 5.75 Å². The van der Waals surface area contributed by atoms with Crippen molar-refractivity contribution in [1.82, 2.24) is 4.90 Å². The molecule has 4 atom stereocenters. The molecule has 0 bridgehead atoms. The normalized spacial score (nSPS) is 29.7. The van der Waals surface area contributed by atoms with Crippen LogP contribution < -0.4 is 0 Å². The number of aliphatic hydroxyl groups excluding tert-OH is 1. The quantitative estimate of drug-likeness (QED) is 0.390. The molecule has 0 unspecified atom stereocenters. The van der Waals surface area contributed by atoms with Crippen LogP contribution in [0.1, 0.15) is 63.9 Å². The number of fused-ring (bicyclic) bond motifs is 3. The van der Waals surface area contributed by atoms with Crippen LogP contribution in [0.2, 0.25) is 0 Å². The third-order valence-electron chi connectivity index (χ3n) is 8.37. The van der Waals surface area contributed by atoms with Crippen LogP contribution in [-0.4, -0.2) is 52.3 Å². The van der Waals surface area contributed by atoms with Gasteiger partial charge in [-0.3, -0.25) is 14.5 Å². The Morgan fingerprint density at radius 3 is 2.69 bits per heavy atom. The van der Waals surface area contributed by atoms with Gasteiger partial charge in [0.15, 0.2) is 0 Å². The molecule has 3 fully saturated rings. The summed E-state index contributed by atoms with van der Waals surface area (Å²) >= 11 is 3.45. The zero-order valence-corrected chi connectivity index (χ0v) is 21.8. The van der Waals surface area contributed by atoms with Crippen molar-refractivity contribution in [1.29, 1.82) is 0 Å². The van der Waals surface area contributed by atoms with Gasteiger partial charge in [-0.1, -0.05) is 46.8 Å². The van der Waals surface area contributed by atoms with Gasteiger partial charge in [0.05, 0.1) is 31.2 Å². The summed E-state index contributed by atoms with van der Waals surface area (Å²) in [5, 5.41) is 20.3. The van der Waals surface area contributed by atoms with Gasteiger partial charge in [-0.25, -0.2) is 0 Å². The van der Waals surface area contributed by atoms with E-state index >= 15 is 0 Å². The number of halogens is 1. The second-order valence-corrected chi connectivity index (χ2v) is 11.5. The number of hydrogen-bond donors (Lipinski definition) is 2. The van der Waals surface area contributed by atoms with Gasteiger partial charge in [0.25, 0.3) is 0 Å². The molecule has 5 rings (SSSR count). The molecule has 2 heterocycles. The fourth-order valence-electron chi connectivity index (χ4n) is 6.68. The third kappa shape index (κ3) is 4.63. The number of aromatic hydroxyl groups is 1. The Morgan fingerprint density at radius 1 is 1.17 bits per heavy atom. The number of likely N-dealkylation sites (tertiary alicyclic amines) is 1. The number of rotatable bonds is 6. The zero-order chi connectivity index (χ0) is 24.7. The highest BCUT2D eigenvalue weighted by molar-refractivity contribution is 9.10. The van der Waals surface area contributed by atoms with E-state index in [1.807, 2.05) is 19.1 Å². The molecule has 1 aromatic carbocycles. The first kappa shape index (κ1) is 24.7. The maximum absolute atomic E-state index is 13.6. The maximum Gasteiger partial charge on any atom is 0.234 e. The predicted octanol–water partition coefficient (Wildman–Crippen LogP) is 4.98. The van der Waals surface area contributed by atoms with Crippen molar-refractivity contribution in [2.24, 2.45) is 17.8 Å². The highest BCUT2D eigenvalue weighted by Crippen LogP contribution is 2.50. The number of carbonyl (C=O) groups excluding carboxylic acids is 2. The summed E-state index contributed by atoms with van der Waals surface area (Å²) in [5.74, 6) is -0.645. The van der Waals surface area contributed by atoms with Gasteiger partial charge in [0.2, 0.25) is 11.8 Å². The van der Waals surface area contributed by atoms with Gasteiger partial charge in [-0.2, -0.15) is 0 Å². The largest absolute Gasteiger partial charge is 0.507 e. The number of carbonyl (C=O) groups is 2.